The molecule has 8 nitrogen and oxygen atoms in total. The summed E-state index contributed by atoms with van der Waals surface area (Å²) in [7, 11) is 5.93. The quantitative estimate of drug-likeness (QED) is 0.756. The zero-order valence-corrected chi connectivity index (χ0v) is 17.8. The molecule has 0 radical (unpaired) electrons. The van der Waals surface area contributed by atoms with E-state index < -0.39 is 0 Å². The lowest BCUT2D eigenvalue weighted by Gasteiger charge is -2.41. The van der Waals surface area contributed by atoms with Crippen LogP contribution in [0.5, 0.6) is 0 Å². The molecule has 1 aliphatic heterocycles. The second-order valence-corrected chi connectivity index (χ2v) is 7.99. The van der Waals surface area contributed by atoms with Gasteiger partial charge in [-0.1, -0.05) is 13.8 Å². The normalized spacial score (nSPS) is 20.4. The largest absolute Gasteiger partial charge is 0.373 e. The monoisotopic (exact) mass is 388 g/mol. The number of rotatable bonds is 6. The molecule has 0 aromatic carbocycles. The minimum absolute atomic E-state index is 0.00200. The lowest BCUT2D eigenvalue weighted by molar-refractivity contribution is -0.0687. The highest BCUT2D eigenvalue weighted by Gasteiger charge is 2.38. The van der Waals surface area contributed by atoms with E-state index in [0.717, 1.165) is 17.8 Å². The van der Waals surface area contributed by atoms with Crippen LogP contribution in [0.15, 0.2) is 18.5 Å². The number of hydrogen-bond acceptors (Lipinski definition) is 5. The van der Waals surface area contributed by atoms with Crippen molar-refractivity contribution in [3.05, 3.63) is 35.4 Å². The summed E-state index contributed by atoms with van der Waals surface area (Å²) < 4.78 is 9.67. The molecule has 2 aromatic heterocycles. The maximum Gasteiger partial charge on any atom is 0.272 e. The van der Waals surface area contributed by atoms with Crippen LogP contribution >= 0.6 is 0 Å². The highest BCUT2D eigenvalue weighted by molar-refractivity contribution is 5.93. The number of likely N-dealkylation sites (N-methyl/N-ethyl adjacent to an activating group) is 1. The summed E-state index contributed by atoms with van der Waals surface area (Å²) in [6.07, 6.45) is 3.69. The van der Waals surface area contributed by atoms with Crippen molar-refractivity contribution in [3.63, 3.8) is 0 Å². The number of hydrogen-bond donors (Lipinski definition) is 0. The molecule has 0 spiro atoms. The summed E-state index contributed by atoms with van der Waals surface area (Å²) in [5.74, 6) is 0.279. The summed E-state index contributed by atoms with van der Waals surface area (Å²) in [6, 6.07) is 1.76. The third kappa shape index (κ3) is 4.12. The summed E-state index contributed by atoms with van der Waals surface area (Å²) in [5, 5.41) is 8.95. The Bertz CT molecular complexity index is 809. The second-order valence-electron chi connectivity index (χ2n) is 7.99. The molecule has 3 heterocycles. The van der Waals surface area contributed by atoms with Gasteiger partial charge in [-0.15, -0.1) is 0 Å². The molecule has 1 amide bonds. The average Bonchev–Trinajstić information content (AvgIpc) is 3.26. The minimum atomic E-state index is -0.181. The molecule has 8 heteroatoms. The van der Waals surface area contributed by atoms with Gasteiger partial charge in [-0.2, -0.15) is 10.2 Å². The molecule has 0 aliphatic carbocycles. The van der Waals surface area contributed by atoms with E-state index in [-0.39, 0.29) is 24.0 Å². The first kappa shape index (κ1) is 20.5. The summed E-state index contributed by atoms with van der Waals surface area (Å²) in [6.45, 7) is 8.67. The molecule has 154 valence electrons. The van der Waals surface area contributed by atoms with E-state index in [0.29, 0.717) is 25.4 Å². The topological polar surface area (TPSA) is 68.4 Å². The smallest absolute Gasteiger partial charge is 0.272 e. The molecule has 1 fully saturated rings. The van der Waals surface area contributed by atoms with Crippen LogP contribution in [-0.2, 0) is 18.3 Å². The molecular weight excluding hydrogens is 356 g/mol. The van der Waals surface area contributed by atoms with E-state index in [4.69, 9.17) is 4.74 Å². The van der Waals surface area contributed by atoms with Gasteiger partial charge in [0, 0.05) is 38.4 Å². The van der Waals surface area contributed by atoms with Crippen molar-refractivity contribution in [2.24, 2.45) is 7.05 Å². The fourth-order valence-corrected chi connectivity index (χ4v) is 3.74. The van der Waals surface area contributed by atoms with Crippen LogP contribution in [0.4, 0.5) is 0 Å². The standard InChI is InChI=1S/C20H32N6O2/c1-7-26-17(10-16(22-26)14(2)3)20(27)25-8-9-28-18(13-23(4)5)19(25)15-11-21-24(6)12-15/h10-12,14,18-19H,7-9,13H2,1-6H3/t18-,19-/m0/s1. The Morgan fingerprint density at radius 3 is 2.71 bits per heavy atom. The third-order valence-corrected chi connectivity index (χ3v) is 5.13. The molecule has 0 saturated carbocycles. The number of nitrogens with zero attached hydrogens (tertiary/aromatic N) is 6. The number of carbonyl (C=O) groups excluding carboxylic acids is 1. The van der Waals surface area contributed by atoms with E-state index in [9.17, 15) is 4.79 Å². The fraction of sp³-hybridized carbons (Fsp3) is 0.650. The Morgan fingerprint density at radius 1 is 1.39 bits per heavy atom. The van der Waals surface area contributed by atoms with Crippen LogP contribution in [0.3, 0.4) is 0 Å². The number of aryl methyl sites for hydroxylation is 2. The number of aromatic nitrogens is 4. The Hall–Kier alpha value is -2.19. The van der Waals surface area contributed by atoms with Gasteiger partial charge in [0.15, 0.2) is 0 Å². The Morgan fingerprint density at radius 2 is 2.14 bits per heavy atom. The second kappa shape index (κ2) is 8.45. The average molecular weight is 389 g/mol. The van der Waals surface area contributed by atoms with Crippen LogP contribution in [0.25, 0.3) is 0 Å². The molecule has 1 aliphatic rings. The number of amides is 1. The first-order valence-electron chi connectivity index (χ1n) is 9.95. The van der Waals surface area contributed by atoms with Crippen molar-refractivity contribution in [3.8, 4) is 0 Å². The summed E-state index contributed by atoms with van der Waals surface area (Å²) >= 11 is 0. The first-order valence-corrected chi connectivity index (χ1v) is 9.95. The van der Waals surface area contributed by atoms with Gasteiger partial charge in [-0.25, -0.2) is 0 Å². The Kier molecular flexibility index (Phi) is 6.20. The van der Waals surface area contributed by atoms with Gasteiger partial charge in [-0.3, -0.25) is 14.2 Å². The SMILES string of the molecule is CCn1nc(C(C)C)cc1C(=O)N1CCO[C@@H](CN(C)C)[C@@H]1c1cnn(C)c1. The van der Waals surface area contributed by atoms with Gasteiger partial charge in [0.2, 0.25) is 0 Å². The van der Waals surface area contributed by atoms with Crippen molar-refractivity contribution < 1.29 is 9.53 Å². The number of ether oxygens (including phenoxy) is 1. The summed E-state index contributed by atoms with van der Waals surface area (Å²) in [5.41, 5.74) is 2.58. The lowest BCUT2D eigenvalue weighted by atomic mass is 9.99. The van der Waals surface area contributed by atoms with Gasteiger partial charge >= 0.3 is 0 Å². The van der Waals surface area contributed by atoms with Gasteiger partial charge in [-0.05, 0) is 33.0 Å². The predicted molar refractivity (Wildman–Crippen MR) is 107 cm³/mol. The molecule has 0 unspecified atom stereocenters. The first-order chi connectivity index (χ1) is 13.3. The van der Waals surface area contributed by atoms with Crippen LogP contribution in [0, 0.1) is 0 Å². The fourth-order valence-electron chi connectivity index (χ4n) is 3.74. The molecule has 1 saturated heterocycles. The minimum Gasteiger partial charge on any atom is -0.373 e. The molecular formula is C20H32N6O2. The predicted octanol–water partition coefficient (Wildman–Crippen LogP) is 1.90. The molecule has 2 atom stereocenters. The van der Waals surface area contributed by atoms with E-state index in [1.807, 2.05) is 56.1 Å². The zero-order valence-electron chi connectivity index (χ0n) is 17.8. The highest BCUT2D eigenvalue weighted by atomic mass is 16.5. The maximum absolute atomic E-state index is 13.6. The van der Waals surface area contributed by atoms with Crippen LogP contribution in [-0.4, -0.2) is 75.2 Å². The number of morpholine rings is 1. The van der Waals surface area contributed by atoms with Crippen LogP contribution in [0.2, 0.25) is 0 Å². The number of carbonyl (C=O) groups is 1. The summed E-state index contributed by atoms with van der Waals surface area (Å²) in [4.78, 5) is 17.6. The van der Waals surface area contributed by atoms with E-state index in [2.05, 4.69) is 28.9 Å². The van der Waals surface area contributed by atoms with E-state index in [1.165, 1.54) is 0 Å². The van der Waals surface area contributed by atoms with Crippen LogP contribution in [0.1, 0.15) is 54.5 Å². The van der Waals surface area contributed by atoms with Gasteiger partial charge < -0.3 is 14.5 Å². The molecule has 0 N–H and O–H groups in total. The van der Waals surface area contributed by atoms with Crippen molar-refractivity contribution in [1.29, 1.82) is 0 Å². The van der Waals surface area contributed by atoms with Crippen LogP contribution < -0.4 is 0 Å². The van der Waals surface area contributed by atoms with Crippen molar-refractivity contribution in [2.45, 2.75) is 45.4 Å². The molecule has 2 aromatic rings. The Labute approximate surface area is 167 Å². The van der Waals surface area contributed by atoms with Crippen molar-refractivity contribution >= 4 is 5.91 Å². The zero-order chi connectivity index (χ0) is 20.4. The van der Waals surface area contributed by atoms with Crippen molar-refractivity contribution in [1.82, 2.24) is 29.4 Å². The highest BCUT2D eigenvalue weighted by Crippen LogP contribution is 2.31. The van der Waals surface area contributed by atoms with Gasteiger partial charge in [0.05, 0.1) is 30.6 Å². The lowest BCUT2D eigenvalue weighted by Crippen LogP contribution is -2.51. The van der Waals surface area contributed by atoms with Gasteiger partial charge in [0.25, 0.3) is 5.91 Å². The maximum atomic E-state index is 13.6. The third-order valence-electron chi connectivity index (χ3n) is 5.13. The molecule has 28 heavy (non-hydrogen) atoms. The Balaban J connectivity index is 1.98. The van der Waals surface area contributed by atoms with E-state index in [1.54, 1.807) is 4.68 Å². The molecule has 3 rings (SSSR count). The van der Waals surface area contributed by atoms with E-state index >= 15 is 0 Å². The van der Waals surface area contributed by atoms with Gasteiger partial charge in [0.1, 0.15) is 5.69 Å². The molecule has 0 bridgehead atoms. The van der Waals surface area contributed by atoms with Crippen molar-refractivity contribution in [2.75, 3.05) is 33.8 Å².